The second-order valence-corrected chi connectivity index (χ2v) is 5.96. The molecule has 2 heteroatoms. The minimum absolute atomic E-state index is 0.148. The molecule has 1 unspecified atom stereocenters. The van der Waals surface area contributed by atoms with Crippen molar-refractivity contribution in [2.24, 2.45) is 0 Å². The molecule has 19 heavy (non-hydrogen) atoms. The molecule has 1 atom stereocenters. The molecule has 1 aromatic carbocycles. The molecule has 1 heterocycles. The number of nitrogens with one attached hydrogen (secondary N) is 1. The van der Waals surface area contributed by atoms with E-state index >= 15 is 0 Å². The Morgan fingerprint density at radius 1 is 1.11 bits per heavy atom. The van der Waals surface area contributed by atoms with Crippen molar-refractivity contribution in [3.05, 3.63) is 59.5 Å². The van der Waals surface area contributed by atoms with Crippen LogP contribution in [0.2, 0.25) is 0 Å². The summed E-state index contributed by atoms with van der Waals surface area (Å²) in [6.45, 7) is 6.77. The zero-order chi connectivity index (χ0) is 13.9. The van der Waals surface area contributed by atoms with Gasteiger partial charge in [-0.2, -0.15) is 0 Å². The second-order valence-electron chi connectivity index (χ2n) is 5.96. The molecular weight excluding hydrogens is 234 g/mol. The topological polar surface area (TPSA) is 25.2 Å². The zero-order valence-electron chi connectivity index (χ0n) is 12.2. The average Bonchev–Trinajstić information content (AvgIpc) is 2.88. The Bertz CT molecular complexity index is 508. The van der Waals surface area contributed by atoms with E-state index in [9.17, 15) is 0 Å². The van der Waals surface area contributed by atoms with Gasteiger partial charge in [-0.15, -0.1) is 0 Å². The van der Waals surface area contributed by atoms with Gasteiger partial charge in [-0.3, -0.25) is 0 Å². The summed E-state index contributed by atoms with van der Waals surface area (Å²) < 4.78 is 5.47. The van der Waals surface area contributed by atoms with E-state index in [2.05, 4.69) is 50.4 Å². The third kappa shape index (κ3) is 3.27. The minimum atomic E-state index is 0.148. The monoisotopic (exact) mass is 257 g/mol. The van der Waals surface area contributed by atoms with Crippen LogP contribution in [-0.2, 0) is 11.8 Å². The smallest absolute Gasteiger partial charge is 0.105 e. The summed E-state index contributed by atoms with van der Waals surface area (Å²) in [5.41, 5.74) is 2.89. The Kier molecular flexibility index (Phi) is 4.11. The molecule has 0 radical (unpaired) electrons. The molecule has 0 spiro atoms. The summed E-state index contributed by atoms with van der Waals surface area (Å²) in [5, 5.41) is 3.41. The molecule has 0 amide bonds. The first-order valence-electron chi connectivity index (χ1n) is 6.81. The van der Waals surface area contributed by atoms with Crippen LogP contribution in [0.1, 0.15) is 43.7 Å². The van der Waals surface area contributed by atoms with E-state index in [1.807, 2.05) is 19.2 Å². The van der Waals surface area contributed by atoms with Gasteiger partial charge < -0.3 is 9.73 Å². The summed E-state index contributed by atoms with van der Waals surface area (Å²) in [5.74, 6) is 1.02. The normalized spacial score (nSPS) is 13.5. The Hall–Kier alpha value is -1.54. The SMILES string of the molecule is CNC(Cc1ccco1)c1ccccc1C(C)(C)C. The van der Waals surface area contributed by atoms with E-state index in [-0.39, 0.29) is 11.5 Å². The van der Waals surface area contributed by atoms with Crippen molar-refractivity contribution in [3.63, 3.8) is 0 Å². The van der Waals surface area contributed by atoms with Crippen molar-refractivity contribution in [2.45, 2.75) is 38.6 Å². The maximum Gasteiger partial charge on any atom is 0.105 e. The highest BCUT2D eigenvalue weighted by Crippen LogP contribution is 2.31. The number of hydrogen-bond donors (Lipinski definition) is 1. The molecule has 1 aromatic heterocycles. The number of hydrogen-bond acceptors (Lipinski definition) is 2. The van der Waals surface area contributed by atoms with Crippen molar-refractivity contribution in [1.29, 1.82) is 0 Å². The van der Waals surface area contributed by atoms with Crippen LogP contribution in [0.3, 0.4) is 0 Å². The van der Waals surface area contributed by atoms with Crippen LogP contribution < -0.4 is 5.32 Å². The van der Waals surface area contributed by atoms with E-state index in [1.54, 1.807) is 6.26 Å². The first-order valence-corrected chi connectivity index (χ1v) is 6.81. The Balaban J connectivity index is 2.33. The van der Waals surface area contributed by atoms with Crippen LogP contribution in [0.5, 0.6) is 0 Å². The van der Waals surface area contributed by atoms with Gasteiger partial charge in [-0.05, 0) is 35.7 Å². The quantitative estimate of drug-likeness (QED) is 0.892. The van der Waals surface area contributed by atoms with Crippen LogP contribution in [0.4, 0.5) is 0 Å². The predicted molar refractivity (Wildman–Crippen MR) is 79.4 cm³/mol. The van der Waals surface area contributed by atoms with Crippen molar-refractivity contribution < 1.29 is 4.42 Å². The largest absolute Gasteiger partial charge is 0.469 e. The number of rotatable bonds is 4. The van der Waals surface area contributed by atoms with Gasteiger partial charge in [-0.1, -0.05) is 45.0 Å². The fourth-order valence-corrected chi connectivity index (χ4v) is 2.48. The van der Waals surface area contributed by atoms with E-state index in [0.717, 1.165) is 12.2 Å². The number of furan rings is 1. The standard InChI is InChI=1S/C17H23NO/c1-17(2,3)15-10-6-5-9-14(15)16(18-4)12-13-8-7-11-19-13/h5-11,16,18H,12H2,1-4H3. The highest BCUT2D eigenvalue weighted by atomic mass is 16.3. The van der Waals surface area contributed by atoms with Gasteiger partial charge in [0.05, 0.1) is 6.26 Å². The Morgan fingerprint density at radius 2 is 1.84 bits per heavy atom. The van der Waals surface area contributed by atoms with E-state index < -0.39 is 0 Å². The molecule has 0 fully saturated rings. The lowest BCUT2D eigenvalue weighted by atomic mass is 9.81. The average molecular weight is 257 g/mol. The van der Waals surface area contributed by atoms with Gasteiger partial charge >= 0.3 is 0 Å². The zero-order valence-corrected chi connectivity index (χ0v) is 12.2. The summed E-state index contributed by atoms with van der Waals surface area (Å²) in [4.78, 5) is 0. The molecule has 102 valence electrons. The van der Waals surface area contributed by atoms with Crippen molar-refractivity contribution in [3.8, 4) is 0 Å². The van der Waals surface area contributed by atoms with Gasteiger partial charge in [0.25, 0.3) is 0 Å². The van der Waals surface area contributed by atoms with Crippen molar-refractivity contribution in [1.82, 2.24) is 5.32 Å². The summed E-state index contributed by atoms with van der Waals surface area (Å²) in [6, 6.07) is 12.9. The summed E-state index contributed by atoms with van der Waals surface area (Å²) in [6.07, 6.45) is 2.61. The molecular formula is C17H23NO. The molecule has 0 aliphatic carbocycles. The third-order valence-corrected chi connectivity index (χ3v) is 3.48. The van der Waals surface area contributed by atoms with Crippen molar-refractivity contribution in [2.75, 3.05) is 7.05 Å². The van der Waals surface area contributed by atoms with E-state index in [0.29, 0.717) is 0 Å². The Labute approximate surface area is 115 Å². The third-order valence-electron chi connectivity index (χ3n) is 3.48. The molecule has 2 nitrogen and oxygen atoms in total. The van der Waals surface area contributed by atoms with Crippen LogP contribution in [0.15, 0.2) is 47.1 Å². The molecule has 0 saturated carbocycles. The van der Waals surface area contributed by atoms with Gasteiger partial charge in [0.2, 0.25) is 0 Å². The second kappa shape index (κ2) is 5.62. The maximum absolute atomic E-state index is 5.47. The number of benzene rings is 1. The highest BCUT2D eigenvalue weighted by molar-refractivity contribution is 5.35. The minimum Gasteiger partial charge on any atom is -0.469 e. The molecule has 2 aromatic rings. The van der Waals surface area contributed by atoms with Gasteiger partial charge in [0.15, 0.2) is 0 Å². The first-order chi connectivity index (χ1) is 9.02. The Morgan fingerprint density at radius 3 is 2.42 bits per heavy atom. The molecule has 0 aliphatic rings. The first kappa shape index (κ1) is 13.9. The van der Waals surface area contributed by atoms with Crippen LogP contribution in [-0.4, -0.2) is 7.05 Å². The van der Waals surface area contributed by atoms with Gasteiger partial charge in [0.1, 0.15) is 5.76 Å². The van der Waals surface area contributed by atoms with Crippen LogP contribution in [0, 0.1) is 0 Å². The lowest BCUT2D eigenvalue weighted by molar-refractivity contribution is 0.459. The van der Waals surface area contributed by atoms with Crippen LogP contribution in [0.25, 0.3) is 0 Å². The van der Waals surface area contributed by atoms with Gasteiger partial charge in [0, 0.05) is 12.5 Å². The molecule has 0 aliphatic heterocycles. The van der Waals surface area contributed by atoms with Gasteiger partial charge in [-0.25, -0.2) is 0 Å². The molecule has 0 bridgehead atoms. The van der Waals surface area contributed by atoms with Crippen LogP contribution >= 0.6 is 0 Å². The molecule has 1 N–H and O–H groups in total. The highest BCUT2D eigenvalue weighted by Gasteiger charge is 2.22. The summed E-state index contributed by atoms with van der Waals surface area (Å²) >= 11 is 0. The number of likely N-dealkylation sites (N-methyl/N-ethyl adjacent to an activating group) is 1. The summed E-state index contributed by atoms with van der Waals surface area (Å²) in [7, 11) is 2.01. The van der Waals surface area contributed by atoms with Crippen molar-refractivity contribution >= 4 is 0 Å². The van der Waals surface area contributed by atoms with E-state index in [1.165, 1.54) is 11.1 Å². The molecule has 2 rings (SSSR count). The fraction of sp³-hybridized carbons (Fsp3) is 0.412. The maximum atomic E-state index is 5.47. The van der Waals surface area contributed by atoms with E-state index in [4.69, 9.17) is 4.42 Å². The fourth-order valence-electron chi connectivity index (χ4n) is 2.48. The predicted octanol–water partition coefficient (Wildman–Crippen LogP) is 4.08. The molecule has 0 saturated heterocycles. The lowest BCUT2D eigenvalue weighted by Gasteiger charge is -2.27. The lowest BCUT2D eigenvalue weighted by Crippen LogP contribution is -2.24.